The Kier molecular flexibility index (Phi) is 3.16. The highest BCUT2D eigenvalue weighted by atomic mass is 15.1. The summed E-state index contributed by atoms with van der Waals surface area (Å²) in [6.45, 7) is 5.35. The quantitative estimate of drug-likeness (QED) is 0.788. The lowest BCUT2D eigenvalue weighted by Crippen LogP contribution is -2.25. The van der Waals surface area contributed by atoms with Crippen LogP contribution in [0.5, 0.6) is 0 Å². The summed E-state index contributed by atoms with van der Waals surface area (Å²) < 4.78 is 0. The Bertz CT molecular complexity index is 305. The lowest BCUT2D eigenvalue weighted by molar-refractivity contribution is 0.265. The lowest BCUT2D eigenvalue weighted by atomic mass is 10.3. The number of hydrogen-bond donors (Lipinski definition) is 1. The molecule has 2 N–H and O–H groups in total. The lowest BCUT2D eigenvalue weighted by Gasteiger charge is -2.19. The first-order chi connectivity index (χ1) is 7.28. The molecule has 1 aliphatic rings. The Balaban J connectivity index is 1.89. The van der Waals surface area contributed by atoms with Crippen molar-refractivity contribution >= 4 is 5.82 Å². The topological polar surface area (TPSA) is 55.0 Å². The van der Waals surface area contributed by atoms with Gasteiger partial charge in [0.2, 0.25) is 0 Å². The van der Waals surface area contributed by atoms with Crippen molar-refractivity contribution in [3.8, 4) is 0 Å². The van der Waals surface area contributed by atoms with Crippen molar-refractivity contribution in [1.82, 2.24) is 14.9 Å². The standard InChI is InChI=1S/C11H18N4/c1-2-15(7-9-3-4-9)8-10-5-14-11(12)6-13-10/h5-6,9H,2-4,7-8H2,1H3,(H2,12,14). The summed E-state index contributed by atoms with van der Waals surface area (Å²) >= 11 is 0. The summed E-state index contributed by atoms with van der Waals surface area (Å²) in [7, 11) is 0. The Labute approximate surface area is 90.5 Å². The Morgan fingerprint density at radius 3 is 2.73 bits per heavy atom. The van der Waals surface area contributed by atoms with E-state index in [2.05, 4.69) is 21.8 Å². The highest BCUT2D eigenvalue weighted by Crippen LogP contribution is 2.29. The van der Waals surface area contributed by atoms with Gasteiger partial charge in [0.05, 0.1) is 18.1 Å². The molecular formula is C11H18N4. The molecule has 0 spiro atoms. The van der Waals surface area contributed by atoms with E-state index < -0.39 is 0 Å². The van der Waals surface area contributed by atoms with Crippen molar-refractivity contribution in [1.29, 1.82) is 0 Å². The number of hydrogen-bond acceptors (Lipinski definition) is 4. The van der Waals surface area contributed by atoms with Crippen molar-refractivity contribution < 1.29 is 0 Å². The van der Waals surface area contributed by atoms with Crippen molar-refractivity contribution in [2.75, 3.05) is 18.8 Å². The minimum atomic E-state index is 0.490. The molecule has 4 nitrogen and oxygen atoms in total. The maximum Gasteiger partial charge on any atom is 0.141 e. The van der Waals surface area contributed by atoms with Crippen LogP contribution in [0.25, 0.3) is 0 Å². The van der Waals surface area contributed by atoms with E-state index in [0.29, 0.717) is 5.82 Å². The van der Waals surface area contributed by atoms with Crippen molar-refractivity contribution in [3.05, 3.63) is 18.1 Å². The summed E-state index contributed by atoms with van der Waals surface area (Å²) in [6.07, 6.45) is 6.18. The van der Waals surface area contributed by atoms with Gasteiger partial charge in [-0.25, -0.2) is 4.98 Å². The summed E-state index contributed by atoms with van der Waals surface area (Å²) in [5.41, 5.74) is 6.50. The van der Waals surface area contributed by atoms with Gasteiger partial charge in [0.15, 0.2) is 0 Å². The zero-order valence-corrected chi connectivity index (χ0v) is 9.19. The van der Waals surface area contributed by atoms with Gasteiger partial charge in [0.25, 0.3) is 0 Å². The molecule has 2 rings (SSSR count). The molecule has 1 fully saturated rings. The molecule has 0 atom stereocenters. The first-order valence-corrected chi connectivity index (χ1v) is 5.56. The SMILES string of the molecule is CCN(Cc1cnc(N)cn1)CC1CC1. The van der Waals surface area contributed by atoms with Crippen LogP contribution < -0.4 is 5.73 Å². The molecule has 1 aromatic heterocycles. The second-order valence-corrected chi connectivity index (χ2v) is 4.20. The fourth-order valence-corrected chi connectivity index (χ4v) is 1.65. The van der Waals surface area contributed by atoms with Gasteiger partial charge in [0.1, 0.15) is 5.82 Å². The molecule has 0 aromatic carbocycles. The summed E-state index contributed by atoms with van der Waals surface area (Å²) in [4.78, 5) is 10.7. The van der Waals surface area contributed by atoms with Crippen LogP contribution >= 0.6 is 0 Å². The van der Waals surface area contributed by atoms with Crippen LogP contribution in [0.1, 0.15) is 25.5 Å². The fraction of sp³-hybridized carbons (Fsp3) is 0.636. The zero-order valence-electron chi connectivity index (χ0n) is 9.19. The first-order valence-electron chi connectivity index (χ1n) is 5.56. The molecule has 0 unspecified atom stereocenters. The van der Waals surface area contributed by atoms with Crippen LogP contribution in [0.2, 0.25) is 0 Å². The predicted molar refractivity (Wildman–Crippen MR) is 60.1 cm³/mol. The van der Waals surface area contributed by atoms with Gasteiger partial charge >= 0.3 is 0 Å². The van der Waals surface area contributed by atoms with Gasteiger partial charge in [-0.2, -0.15) is 0 Å². The molecule has 1 heterocycles. The molecule has 1 aromatic rings. The van der Waals surface area contributed by atoms with Crippen LogP contribution in [0, 0.1) is 5.92 Å². The third kappa shape index (κ3) is 3.16. The van der Waals surface area contributed by atoms with Gasteiger partial charge < -0.3 is 5.73 Å². The third-order valence-corrected chi connectivity index (χ3v) is 2.77. The molecule has 0 amide bonds. The van der Waals surface area contributed by atoms with E-state index in [1.165, 1.54) is 19.4 Å². The molecular weight excluding hydrogens is 188 g/mol. The van der Waals surface area contributed by atoms with Gasteiger partial charge in [-0.3, -0.25) is 9.88 Å². The molecule has 1 saturated carbocycles. The molecule has 0 bridgehead atoms. The van der Waals surface area contributed by atoms with E-state index in [-0.39, 0.29) is 0 Å². The second-order valence-electron chi connectivity index (χ2n) is 4.20. The van der Waals surface area contributed by atoms with E-state index in [1.807, 2.05) is 0 Å². The van der Waals surface area contributed by atoms with Crippen molar-refractivity contribution in [2.24, 2.45) is 5.92 Å². The van der Waals surface area contributed by atoms with E-state index in [0.717, 1.165) is 24.7 Å². The minimum absolute atomic E-state index is 0.490. The Hall–Kier alpha value is -1.16. The average Bonchev–Trinajstić information content (AvgIpc) is 3.04. The predicted octanol–water partition coefficient (Wildman–Crippen LogP) is 1.29. The Morgan fingerprint density at radius 2 is 2.20 bits per heavy atom. The number of nitrogens with two attached hydrogens (primary N) is 1. The molecule has 0 aliphatic heterocycles. The smallest absolute Gasteiger partial charge is 0.141 e. The van der Waals surface area contributed by atoms with Crippen molar-refractivity contribution in [2.45, 2.75) is 26.3 Å². The minimum Gasteiger partial charge on any atom is -0.382 e. The van der Waals surface area contributed by atoms with Gasteiger partial charge in [-0.1, -0.05) is 6.92 Å². The summed E-state index contributed by atoms with van der Waals surface area (Å²) in [6, 6.07) is 0. The van der Waals surface area contributed by atoms with Gasteiger partial charge in [-0.15, -0.1) is 0 Å². The van der Waals surface area contributed by atoms with E-state index >= 15 is 0 Å². The molecule has 15 heavy (non-hydrogen) atoms. The maximum absolute atomic E-state index is 5.49. The van der Waals surface area contributed by atoms with Gasteiger partial charge in [-0.05, 0) is 25.3 Å². The summed E-state index contributed by atoms with van der Waals surface area (Å²) in [5.74, 6) is 1.41. The van der Waals surface area contributed by atoms with E-state index in [9.17, 15) is 0 Å². The first kappa shape index (κ1) is 10.4. The third-order valence-electron chi connectivity index (χ3n) is 2.77. The maximum atomic E-state index is 5.49. The van der Waals surface area contributed by atoms with Crippen molar-refractivity contribution in [3.63, 3.8) is 0 Å². The molecule has 1 aliphatic carbocycles. The van der Waals surface area contributed by atoms with Crippen LogP contribution in [0.4, 0.5) is 5.82 Å². The largest absolute Gasteiger partial charge is 0.382 e. The molecule has 82 valence electrons. The average molecular weight is 206 g/mol. The number of rotatable bonds is 5. The monoisotopic (exact) mass is 206 g/mol. The molecule has 0 radical (unpaired) electrons. The van der Waals surface area contributed by atoms with Crippen LogP contribution in [0.15, 0.2) is 12.4 Å². The number of anilines is 1. The second kappa shape index (κ2) is 4.57. The normalized spacial score (nSPS) is 15.9. The van der Waals surface area contributed by atoms with E-state index in [4.69, 9.17) is 5.73 Å². The Morgan fingerprint density at radius 1 is 1.40 bits per heavy atom. The fourth-order valence-electron chi connectivity index (χ4n) is 1.65. The molecule has 4 heteroatoms. The van der Waals surface area contributed by atoms with E-state index in [1.54, 1.807) is 12.4 Å². The van der Waals surface area contributed by atoms with Crippen LogP contribution in [-0.2, 0) is 6.54 Å². The number of nitrogen functional groups attached to an aromatic ring is 1. The summed E-state index contributed by atoms with van der Waals surface area (Å²) in [5, 5.41) is 0. The van der Waals surface area contributed by atoms with Gasteiger partial charge in [0, 0.05) is 13.1 Å². The highest BCUT2D eigenvalue weighted by molar-refractivity contribution is 5.22. The van der Waals surface area contributed by atoms with Crippen LogP contribution in [-0.4, -0.2) is 28.0 Å². The molecule has 0 saturated heterocycles. The van der Waals surface area contributed by atoms with Crippen LogP contribution in [0.3, 0.4) is 0 Å². The zero-order chi connectivity index (χ0) is 10.7. The highest BCUT2D eigenvalue weighted by Gasteiger charge is 2.23. The number of aromatic nitrogens is 2. The number of nitrogens with zero attached hydrogens (tertiary/aromatic N) is 3.